The van der Waals surface area contributed by atoms with Crippen LogP contribution in [0.3, 0.4) is 0 Å². The summed E-state index contributed by atoms with van der Waals surface area (Å²) in [5.41, 5.74) is 2.44. The lowest BCUT2D eigenvalue weighted by Crippen LogP contribution is -2.59. The summed E-state index contributed by atoms with van der Waals surface area (Å²) in [6.45, 7) is 8.73. The molecule has 0 unspecified atom stereocenters. The molecular weight excluding hydrogens is 621 g/mol. The summed E-state index contributed by atoms with van der Waals surface area (Å²) in [5.74, 6) is -1.90. The third-order valence-electron chi connectivity index (χ3n) is 7.39. The van der Waals surface area contributed by atoms with Gasteiger partial charge in [-0.25, -0.2) is 8.42 Å². The Morgan fingerprint density at radius 2 is 1.74 bits per heavy atom. The van der Waals surface area contributed by atoms with Gasteiger partial charge in [0.2, 0.25) is 15.9 Å². The lowest BCUT2D eigenvalue weighted by Gasteiger charge is -2.41. The zero-order valence-electron chi connectivity index (χ0n) is 22.1. The van der Waals surface area contributed by atoms with E-state index in [1.165, 1.54) is 9.21 Å². The molecule has 2 aromatic rings. The summed E-state index contributed by atoms with van der Waals surface area (Å²) in [6, 6.07) is 8.94. The van der Waals surface area contributed by atoms with Gasteiger partial charge in [-0.2, -0.15) is 4.31 Å². The molecule has 1 N–H and O–H groups in total. The van der Waals surface area contributed by atoms with Crippen molar-refractivity contribution >= 4 is 61.8 Å². The van der Waals surface area contributed by atoms with Crippen LogP contribution in [-0.4, -0.2) is 55.7 Å². The van der Waals surface area contributed by atoms with Gasteiger partial charge in [0.05, 0.1) is 22.2 Å². The van der Waals surface area contributed by atoms with Crippen molar-refractivity contribution < 1.29 is 27.5 Å². The second-order valence-electron chi connectivity index (χ2n) is 10.3. The van der Waals surface area contributed by atoms with Crippen molar-refractivity contribution in [3.8, 4) is 0 Å². The maximum Gasteiger partial charge on any atom is 0.309 e. The predicted octanol–water partition coefficient (Wildman–Crippen LogP) is 3.92. The number of carbonyl (C=O) groups excluding carboxylic acids is 3. The fourth-order valence-electron chi connectivity index (χ4n) is 5.00. The Hall–Kier alpha value is -2.51. The van der Waals surface area contributed by atoms with E-state index in [-0.39, 0.29) is 19.0 Å². The number of esters is 1. The second-order valence-corrected chi connectivity index (χ2v) is 13.3. The molecule has 0 radical (unpaired) electrons. The zero-order valence-corrected chi connectivity index (χ0v) is 25.1. The summed E-state index contributed by atoms with van der Waals surface area (Å²) in [5, 5.41) is 2.80. The quantitative estimate of drug-likeness (QED) is 0.387. The summed E-state index contributed by atoms with van der Waals surface area (Å²) < 4.78 is 34.5. The smallest absolute Gasteiger partial charge is 0.309 e. The van der Waals surface area contributed by atoms with Crippen molar-refractivity contribution in [2.24, 2.45) is 5.92 Å². The van der Waals surface area contributed by atoms with E-state index in [1.807, 2.05) is 26.8 Å². The number of para-hydroxylation sites is 2. The molecule has 0 aromatic heterocycles. The summed E-state index contributed by atoms with van der Waals surface area (Å²) in [4.78, 5) is 40.3. The average Bonchev–Trinajstić information content (AvgIpc) is 2.86. The van der Waals surface area contributed by atoms with Gasteiger partial charge >= 0.3 is 5.97 Å². The van der Waals surface area contributed by atoms with Gasteiger partial charge in [0.25, 0.3) is 5.91 Å². The number of amides is 2. The van der Waals surface area contributed by atoms with Crippen LogP contribution in [0.25, 0.3) is 0 Å². The third kappa shape index (κ3) is 5.07. The molecule has 1 fully saturated rings. The second kappa shape index (κ2) is 10.6. The lowest BCUT2D eigenvalue weighted by molar-refractivity contribution is -0.153. The molecule has 0 atom stereocenters. The minimum atomic E-state index is -3.73. The van der Waals surface area contributed by atoms with Gasteiger partial charge in [-0.05, 0) is 98.9 Å². The Bertz CT molecular complexity index is 1390. The monoisotopic (exact) mass is 653 g/mol. The number of hydrogen-bond acceptors (Lipinski definition) is 6. The van der Waals surface area contributed by atoms with Crippen molar-refractivity contribution in [2.75, 3.05) is 29.9 Å². The highest BCUT2D eigenvalue weighted by Gasteiger charge is 2.44. The Morgan fingerprint density at radius 3 is 2.39 bits per heavy atom. The fourth-order valence-corrected chi connectivity index (χ4v) is 8.28. The zero-order chi connectivity index (χ0) is 28.0. The van der Waals surface area contributed by atoms with Crippen LogP contribution in [0.4, 0.5) is 11.4 Å². The largest absolute Gasteiger partial charge is 0.455 e. The van der Waals surface area contributed by atoms with E-state index in [0.717, 1.165) is 16.7 Å². The van der Waals surface area contributed by atoms with Crippen LogP contribution in [0.2, 0.25) is 0 Å². The SMILES string of the molecule is Cc1cc(C)c(I)c(S(=O)(=O)N2CCC(C(=O)OCC(=O)N3c4ccccc4NC(=O)C3(C)C)CC2)c1C. The fraction of sp³-hybridized carbons (Fsp3) is 0.444. The average molecular weight is 654 g/mol. The molecule has 11 heteroatoms. The van der Waals surface area contributed by atoms with E-state index in [9.17, 15) is 22.8 Å². The van der Waals surface area contributed by atoms with Crippen molar-refractivity contribution in [3.63, 3.8) is 0 Å². The molecule has 0 saturated carbocycles. The summed E-state index contributed by atoms with van der Waals surface area (Å²) in [7, 11) is -3.73. The van der Waals surface area contributed by atoms with Gasteiger partial charge in [-0.15, -0.1) is 0 Å². The minimum Gasteiger partial charge on any atom is -0.455 e. The van der Waals surface area contributed by atoms with E-state index in [2.05, 4.69) is 27.9 Å². The van der Waals surface area contributed by atoms with E-state index in [4.69, 9.17) is 4.74 Å². The standard InChI is InChI=1S/C27H32IN3O6S/c1-16-14-17(2)23(28)24(18(16)3)38(35,36)30-12-10-19(11-13-30)25(33)37-15-22(32)31-21-9-7-6-8-20(21)29-26(34)27(31,4)5/h6-9,14,19H,10-13,15H2,1-5H3,(H,29,34). The first-order valence-electron chi connectivity index (χ1n) is 12.4. The molecule has 2 aliphatic heterocycles. The van der Waals surface area contributed by atoms with Crippen molar-refractivity contribution in [2.45, 2.75) is 57.9 Å². The van der Waals surface area contributed by atoms with Crippen molar-refractivity contribution in [1.82, 2.24) is 4.31 Å². The molecular formula is C27H32IN3O6S. The van der Waals surface area contributed by atoms with Gasteiger partial charge in [0.15, 0.2) is 6.61 Å². The van der Waals surface area contributed by atoms with Crippen LogP contribution in [-0.2, 0) is 29.1 Å². The number of anilines is 2. The topological polar surface area (TPSA) is 113 Å². The predicted molar refractivity (Wildman–Crippen MR) is 152 cm³/mol. The Labute approximate surface area is 237 Å². The van der Waals surface area contributed by atoms with E-state index in [0.29, 0.717) is 32.7 Å². The number of hydrogen-bond donors (Lipinski definition) is 1. The van der Waals surface area contributed by atoms with Crippen LogP contribution in [0.15, 0.2) is 35.2 Å². The van der Waals surface area contributed by atoms with Gasteiger partial charge < -0.3 is 10.1 Å². The maximum absolute atomic E-state index is 13.5. The highest BCUT2D eigenvalue weighted by molar-refractivity contribution is 14.1. The molecule has 2 aromatic carbocycles. The molecule has 204 valence electrons. The number of fused-ring (bicyclic) bond motifs is 1. The Balaban J connectivity index is 1.41. The highest BCUT2D eigenvalue weighted by atomic mass is 127. The number of nitrogens with one attached hydrogen (secondary N) is 1. The first-order chi connectivity index (χ1) is 17.8. The Kier molecular flexibility index (Phi) is 7.93. The van der Waals surface area contributed by atoms with Crippen LogP contribution in [0.1, 0.15) is 43.4 Å². The van der Waals surface area contributed by atoms with Crippen molar-refractivity contribution in [1.29, 1.82) is 0 Å². The molecule has 0 spiro atoms. The normalized spacial score (nSPS) is 18.1. The molecule has 0 aliphatic carbocycles. The van der Waals surface area contributed by atoms with Crippen LogP contribution in [0.5, 0.6) is 0 Å². The number of ether oxygens (including phenoxy) is 1. The third-order valence-corrected chi connectivity index (χ3v) is 11.2. The van der Waals surface area contributed by atoms with E-state index >= 15 is 0 Å². The van der Waals surface area contributed by atoms with Gasteiger partial charge in [0.1, 0.15) is 5.54 Å². The van der Waals surface area contributed by atoms with Gasteiger partial charge in [-0.1, -0.05) is 18.2 Å². The molecule has 38 heavy (non-hydrogen) atoms. The van der Waals surface area contributed by atoms with Gasteiger partial charge in [0, 0.05) is 16.7 Å². The molecule has 2 heterocycles. The lowest BCUT2D eigenvalue weighted by atomic mass is 9.96. The van der Waals surface area contributed by atoms with Crippen LogP contribution >= 0.6 is 22.6 Å². The van der Waals surface area contributed by atoms with E-state index < -0.39 is 40.0 Å². The first-order valence-corrected chi connectivity index (χ1v) is 14.9. The van der Waals surface area contributed by atoms with E-state index in [1.54, 1.807) is 38.1 Å². The maximum atomic E-state index is 13.5. The minimum absolute atomic E-state index is 0.186. The number of halogens is 1. The van der Waals surface area contributed by atoms with Crippen LogP contribution in [0, 0.1) is 30.3 Å². The number of benzene rings is 2. The van der Waals surface area contributed by atoms with Crippen LogP contribution < -0.4 is 10.2 Å². The number of aryl methyl sites for hydroxylation is 2. The highest BCUT2D eigenvalue weighted by Crippen LogP contribution is 2.37. The first kappa shape index (κ1) is 28.5. The summed E-state index contributed by atoms with van der Waals surface area (Å²) in [6.07, 6.45) is 0.597. The summed E-state index contributed by atoms with van der Waals surface area (Å²) >= 11 is 2.08. The molecule has 0 bridgehead atoms. The number of rotatable bonds is 5. The molecule has 2 aliphatic rings. The number of carbonyl (C=O) groups is 3. The number of sulfonamides is 1. The van der Waals surface area contributed by atoms with Gasteiger partial charge in [-0.3, -0.25) is 19.3 Å². The molecule has 9 nitrogen and oxygen atoms in total. The Morgan fingerprint density at radius 1 is 1.11 bits per heavy atom. The molecule has 4 rings (SSSR count). The van der Waals surface area contributed by atoms with Crippen molar-refractivity contribution in [3.05, 3.63) is 50.6 Å². The number of nitrogens with zero attached hydrogens (tertiary/aromatic N) is 2. The molecule has 2 amide bonds. The number of piperidine rings is 1. The molecule has 1 saturated heterocycles.